The van der Waals surface area contributed by atoms with Crippen LogP contribution in [0, 0.1) is 17.7 Å². The monoisotopic (exact) mass is 303 g/mol. The molecule has 0 spiro atoms. The summed E-state index contributed by atoms with van der Waals surface area (Å²) in [4.78, 5) is 4.31. The molecule has 0 saturated carbocycles. The van der Waals surface area contributed by atoms with Gasteiger partial charge in [-0.05, 0) is 37.3 Å². The molecule has 110 valence electrons. The molecule has 2 rings (SSSR count). The molecule has 0 bridgehead atoms. The van der Waals surface area contributed by atoms with Crippen molar-refractivity contribution in [1.29, 1.82) is 0 Å². The number of aliphatic hydroxyl groups is 1. The number of nitrogens with zero attached hydrogens (tertiary/aromatic N) is 1. The van der Waals surface area contributed by atoms with Gasteiger partial charge in [0.05, 0.1) is 18.0 Å². The number of halogens is 1. The summed E-state index contributed by atoms with van der Waals surface area (Å²) in [5, 5.41) is 8.71. The highest BCUT2D eigenvalue weighted by Gasteiger charge is 2.08. The van der Waals surface area contributed by atoms with E-state index in [1.165, 1.54) is 10.9 Å². The van der Waals surface area contributed by atoms with Gasteiger partial charge in [-0.25, -0.2) is 4.39 Å². The first-order valence-corrected chi connectivity index (χ1v) is 7.73. The number of rotatable bonds is 5. The highest BCUT2D eigenvalue weighted by molar-refractivity contribution is 7.12. The standard InChI is InChI=1S/C17H18FNOS/c1-2-19(15-7-5-6-14(18)12-15)13-17-10-9-16(21-17)8-3-4-11-20/h5-7,9-10,12,20H,2,4,11,13H2,1H3. The SMILES string of the molecule is CCN(Cc1ccc(C#CCCO)s1)c1cccc(F)c1. The van der Waals surface area contributed by atoms with Gasteiger partial charge >= 0.3 is 0 Å². The van der Waals surface area contributed by atoms with Crippen LogP contribution in [0.2, 0.25) is 0 Å². The van der Waals surface area contributed by atoms with Gasteiger partial charge in [-0.2, -0.15) is 0 Å². The Kier molecular flexibility index (Phi) is 5.79. The molecule has 0 radical (unpaired) electrons. The lowest BCUT2D eigenvalue weighted by molar-refractivity contribution is 0.305. The zero-order valence-electron chi connectivity index (χ0n) is 12.0. The fourth-order valence-electron chi connectivity index (χ4n) is 1.98. The van der Waals surface area contributed by atoms with Crippen LogP contribution in [0.25, 0.3) is 0 Å². The molecule has 2 aromatic rings. The van der Waals surface area contributed by atoms with Crippen molar-refractivity contribution < 1.29 is 9.50 Å². The van der Waals surface area contributed by atoms with Gasteiger partial charge in [-0.3, -0.25) is 0 Å². The molecule has 1 N–H and O–H groups in total. The second kappa shape index (κ2) is 7.82. The molecule has 1 heterocycles. The number of anilines is 1. The molecule has 0 aliphatic heterocycles. The van der Waals surface area contributed by atoms with E-state index in [0.717, 1.165) is 23.7 Å². The smallest absolute Gasteiger partial charge is 0.125 e. The number of hydrogen-bond acceptors (Lipinski definition) is 3. The van der Waals surface area contributed by atoms with Crippen molar-refractivity contribution in [3.05, 3.63) is 52.0 Å². The zero-order valence-corrected chi connectivity index (χ0v) is 12.8. The fourth-order valence-corrected chi connectivity index (χ4v) is 2.88. The number of thiophene rings is 1. The number of aliphatic hydroxyl groups excluding tert-OH is 1. The first-order valence-electron chi connectivity index (χ1n) is 6.92. The molecule has 0 saturated heterocycles. The van der Waals surface area contributed by atoms with Crippen molar-refractivity contribution in [3.63, 3.8) is 0 Å². The summed E-state index contributed by atoms with van der Waals surface area (Å²) in [6, 6.07) is 10.7. The highest BCUT2D eigenvalue weighted by Crippen LogP contribution is 2.22. The average Bonchev–Trinajstić information content (AvgIpc) is 2.92. The van der Waals surface area contributed by atoms with Crippen LogP contribution in [0.1, 0.15) is 23.1 Å². The molecule has 0 unspecified atom stereocenters. The van der Waals surface area contributed by atoms with Crippen LogP contribution in [-0.2, 0) is 6.54 Å². The van der Waals surface area contributed by atoms with E-state index in [-0.39, 0.29) is 12.4 Å². The van der Waals surface area contributed by atoms with Crippen LogP contribution >= 0.6 is 11.3 Å². The lowest BCUT2D eigenvalue weighted by atomic mass is 10.2. The molecule has 0 fully saturated rings. The van der Waals surface area contributed by atoms with Gasteiger partial charge in [-0.15, -0.1) is 11.3 Å². The minimum Gasteiger partial charge on any atom is -0.395 e. The van der Waals surface area contributed by atoms with Gasteiger partial charge < -0.3 is 10.0 Å². The normalized spacial score (nSPS) is 10.0. The molecule has 0 atom stereocenters. The van der Waals surface area contributed by atoms with Crippen molar-refractivity contribution in [2.45, 2.75) is 19.9 Å². The van der Waals surface area contributed by atoms with Gasteiger partial charge in [-0.1, -0.05) is 17.9 Å². The van der Waals surface area contributed by atoms with E-state index < -0.39 is 0 Å². The van der Waals surface area contributed by atoms with Gasteiger partial charge in [0, 0.05) is 23.5 Å². The summed E-state index contributed by atoms with van der Waals surface area (Å²) in [6.45, 7) is 3.70. The molecule has 1 aromatic heterocycles. The van der Waals surface area contributed by atoms with E-state index in [2.05, 4.69) is 29.7 Å². The Balaban J connectivity index is 2.07. The van der Waals surface area contributed by atoms with Crippen LogP contribution < -0.4 is 4.90 Å². The first-order chi connectivity index (χ1) is 10.2. The van der Waals surface area contributed by atoms with E-state index >= 15 is 0 Å². The van der Waals surface area contributed by atoms with Crippen molar-refractivity contribution in [2.24, 2.45) is 0 Å². The Hall–Kier alpha value is -1.83. The topological polar surface area (TPSA) is 23.5 Å². The fraction of sp³-hybridized carbons (Fsp3) is 0.294. The van der Waals surface area contributed by atoms with E-state index in [1.54, 1.807) is 23.5 Å². The highest BCUT2D eigenvalue weighted by atomic mass is 32.1. The first kappa shape index (κ1) is 15.6. The van der Waals surface area contributed by atoms with Gasteiger partial charge in [0.25, 0.3) is 0 Å². The molecule has 1 aromatic carbocycles. The van der Waals surface area contributed by atoms with Crippen LogP contribution in [0.3, 0.4) is 0 Å². The third-order valence-corrected chi connectivity index (χ3v) is 4.00. The molecule has 4 heteroatoms. The molecular weight excluding hydrogens is 285 g/mol. The molecule has 21 heavy (non-hydrogen) atoms. The second-order valence-corrected chi connectivity index (χ2v) is 5.70. The molecule has 0 aliphatic carbocycles. The second-order valence-electron chi connectivity index (χ2n) is 4.54. The van der Waals surface area contributed by atoms with Crippen molar-refractivity contribution in [1.82, 2.24) is 0 Å². The molecule has 0 amide bonds. The van der Waals surface area contributed by atoms with Crippen LogP contribution in [0.5, 0.6) is 0 Å². The molecular formula is C17H18FNOS. The predicted octanol–water partition coefficient (Wildman–Crippen LogP) is 3.65. The maximum Gasteiger partial charge on any atom is 0.125 e. The van der Waals surface area contributed by atoms with E-state index in [9.17, 15) is 4.39 Å². The summed E-state index contributed by atoms with van der Waals surface area (Å²) >= 11 is 1.64. The summed E-state index contributed by atoms with van der Waals surface area (Å²) in [5.74, 6) is 5.74. The van der Waals surface area contributed by atoms with Crippen molar-refractivity contribution in [2.75, 3.05) is 18.1 Å². The van der Waals surface area contributed by atoms with Crippen LogP contribution in [-0.4, -0.2) is 18.3 Å². The average molecular weight is 303 g/mol. The van der Waals surface area contributed by atoms with Crippen LogP contribution in [0.4, 0.5) is 10.1 Å². The van der Waals surface area contributed by atoms with Gasteiger partial charge in [0.1, 0.15) is 5.82 Å². The number of hydrogen-bond donors (Lipinski definition) is 1. The van der Waals surface area contributed by atoms with E-state index in [0.29, 0.717) is 6.42 Å². The Morgan fingerprint density at radius 3 is 2.86 bits per heavy atom. The zero-order chi connectivity index (χ0) is 15.1. The summed E-state index contributed by atoms with van der Waals surface area (Å²) in [7, 11) is 0. The Bertz CT molecular complexity index is 641. The van der Waals surface area contributed by atoms with E-state index in [4.69, 9.17) is 5.11 Å². The maximum atomic E-state index is 13.3. The third-order valence-electron chi connectivity index (χ3n) is 3.01. The molecule has 0 aliphatic rings. The Morgan fingerprint density at radius 1 is 1.29 bits per heavy atom. The maximum absolute atomic E-state index is 13.3. The Morgan fingerprint density at radius 2 is 2.14 bits per heavy atom. The lowest BCUT2D eigenvalue weighted by Gasteiger charge is -2.22. The van der Waals surface area contributed by atoms with E-state index in [1.807, 2.05) is 12.1 Å². The largest absolute Gasteiger partial charge is 0.395 e. The molecule has 2 nitrogen and oxygen atoms in total. The van der Waals surface area contributed by atoms with Crippen LogP contribution in [0.15, 0.2) is 36.4 Å². The summed E-state index contributed by atoms with van der Waals surface area (Å²) in [6.07, 6.45) is 0.498. The quantitative estimate of drug-likeness (QED) is 0.852. The van der Waals surface area contributed by atoms with Gasteiger partial charge in [0.2, 0.25) is 0 Å². The minimum atomic E-state index is -0.215. The summed E-state index contributed by atoms with van der Waals surface area (Å²) < 4.78 is 13.3. The summed E-state index contributed by atoms with van der Waals surface area (Å²) in [5.41, 5.74) is 0.888. The van der Waals surface area contributed by atoms with Crippen molar-refractivity contribution >= 4 is 17.0 Å². The Labute approximate surface area is 128 Å². The lowest BCUT2D eigenvalue weighted by Crippen LogP contribution is -2.21. The third kappa shape index (κ3) is 4.59. The van der Waals surface area contributed by atoms with Gasteiger partial charge in [0.15, 0.2) is 0 Å². The minimum absolute atomic E-state index is 0.0917. The predicted molar refractivity (Wildman–Crippen MR) is 86.0 cm³/mol. The van der Waals surface area contributed by atoms with Crippen molar-refractivity contribution in [3.8, 4) is 11.8 Å². The number of benzene rings is 1.